The van der Waals surface area contributed by atoms with Crippen molar-refractivity contribution >= 4 is 40.3 Å². The summed E-state index contributed by atoms with van der Waals surface area (Å²) < 4.78 is 0. The van der Waals surface area contributed by atoms with Crippen LogP contribution in [0.15, 0.2) is 5.10 Å². The van der Waals surface area contributed by atoms with Crippen molar-refractivity contribution in [2.75, 3.05) is 5.75 Å². The molecule has 0 aromatic carbocycles. The fourth-order valence-corrected chi connectivity index (χ4v) is 1.12. The Balaban J connectivity index is 0. The van der Waals surface area contributed by atoms with Crippen molar-refractivity contribution in [1.29, 1.82) is 0 Å². The van der Waals surface area contributed by atoms with Gasteiger partial charge in [0.25, 0.3) is 0 Å². The number of carboxylic acids is 1. The van der Waals surface area contributed by atoms with Crippen LogP contribution < -0.4 is 5.84 Å². The molecule has 0 aliphatic carbocycles. The van der Waals surface area contributed by atoms with Gasteiger partial charge in [-0.15, -0.1) is 28.7 Å². The predicted molar refractivity (Wildman–Crippen MR) is 56.9 cm³/mol. The van der Waals surface area contributed by atoms with E-state index in [1.165, 1.54) is 11.8 Å². The SMILES string of the molecule is Br.NN=CSCCCCC(=O)O. The van der Waals surface area contributed by atoms with Crippen molar-refractivity contribution in [1.82, 2.24) is 0 Å². The van der Waals surface area contributed by atoms with Crippen LogP contribution in [0.1, 0.15) is 19.3 Å². The Hall–Kier alpha value is -0.230. The van der Waals surface area contributed by atoms with Crippen LogP contribution in [0, 0.1) is 0 Å². The fraction of sp³-hybridized carbons (Fsp3) is 0.667. The van der Waals surface area contributed by atoms with Gasteiger partial charge in [-0.3, -0.25) is 4.79 Å². The third-order valence-corrected chi connectivity index (χ3v) is 1.83. The van der Waals surface area contributed by atoms with E-state index in [0.717, 1.165) is 18.6 Å². The molecule has 0 heterocycles. The zero-order valence-corrected chi connectivity index (χ0v) is 9.13. The van der Waals surface area contributed by atoms with Gasteiger partial charge in [-0.05, 0) is 18.6 Å². The lowest BCUT2D eigenvalue weighted by molar-refractivity contribution is -0.137. The lowest BCUT2D eigenvalue weighted by atomic mass is 10.3. The minimum absolute atomic E-state index is 0. The van der Waals surface area contributed by atoms with Crippen molar-refractivity contribution in [2.45, 2.75) is 19.3 Å². The summed E-state index contributed by atoms with van der Waals surface area (Å²) >= 11 is 1.50. The van der Waals surface area contributed by atoms with Gasteiger partial charge in [0.2, 0.25) is 0 Å². The molecule has 0 saturated heterocycles. The number of nitrogens with zero attached hydrogens (tertiary/aromatic N) is 1. The first-order chi connectivity index (χ1) is 5.27. The van der Waals surface area contributed by atoms with Crippen molar-refractivity contribution in [3.63, 3.8) is 0 Å². The van der Waals surface area contributed by atoms with Gasteiger partial charge in [0.05, 0.1) is 5.55 Å². The van der Waals surface area contributed by atoms with Crippen LogP contribution in [0.4, 0.5) is 0 Å². The largest absolute Gasteiger partial charge is 0.481 e. The number of unbranched alkanes of at least 4 members (excludes halogenated alkanes) is 1. The van der Waals surface area contributed by atoms with Crippen LogP contribution >= 0.6 is 28.7 Å². The van der Waals surface area contributed by atoms with Gasteiger partial charge < -0.3 is 10.9 Å². The van der Waals surface area contributed by atoms with E-state index in [4.69, 9.17) is 10.9 Å². The highest BCUT2D eigenvalue weighted by atomic mass is 79.9. The Labute approximate surface area is 86.4 Å². The zero-order valence-electron chi connectivity index (χ0n) is 6.60. The summed E-state index contributed by atoms with van der Waals surface area (Å²) in [5.41, 5.74) is 1.56. The smallest absolute Gasteiger partial charge is 0.303 e. The average Bonchev–Trinajstić information content (AvgIpc) is 1.96. The van der Waals surface area contributed by atoms with Crippen molar-refractivity contribution < 1.29 is 9.90 Å². The Morgan fingerprint density at radius 1 is 1.58 bits per heavy atom. The Morgan fingerprint density at radius 2 is 2.25 bits per heavy atom. The van der Waals surface area contributed by atoms with Crippen LogP contribution in [-0.2, 0) is 4.79 Å². The van der Waals surface area contributed by atoms with E-state index >= 15 is 0 Å². The van der Waals surface area contributed by atoms with E-state index in [1.807, 2.05) is 0 Å². The molecular formula is C6H13BrN2O2S. The van der Waals surface area contributed by atoms with E-state index in [1.54, 1.807) is 5.55 Å². The van der Waals surface area contributed by atoms with E-state index in [9.17, 15) is 4.79 Å². The molecule has 12 heavy (non-hydrogen) atoms. The topological polar surface area (TPSA) is 75.7 Å². The molecule has 72 valence electrons. The molecule has 0 spiro atoms. The molecule has 0 radical (unpaired) electrons. The zero-order chi connectivity index (χ0) is 8.53. The quantitative estimate of drug-likeness (QED) is 0.248. The summed E-state index contributed by atoms with van der Waals surface area (Å²) in [5.74, 6) is 5.00. The average molecular weight is 257 g/mol. The molecule has 0 bridgehead atoms. The number of halogens is 1. The summed E-state index contributed by atoms with van der Waals surface area (Å²) in [6.07, 6.45) is 1.87. The second kappa shape index (κ2) is 10.8. The first-order valence-electron chi connectivity index (χ1n) is 3.32. The van der Waals surface area contributed by atoms with Crippen LogP contribution in [0.25, 0.3) is 0 Å². The van der Waals surface area contributed by atoms with Gasteiger partial charge >= 0.3 is 5.97 Å². The normalized spacial score (nSPS) is 9.67. The Morgan fingerprint density at radius 3 is 2.75 bits per heavy atom. The summed E-state index contributed by atoms with van der Waals surface area (Å²) in [4.78, 5) is 10.0. The third-order valence-electron chi connectivity index (χ3n) is 1.04. The molecule has 3 N–H and O–H groups in total. The summed E-state index contributed by atoms with van der Waals surface area (Å²) in [6, 6.07) is 0. The number of hydrazone groups is 1. The molecule has 0 atom stereocenters. The Bertz CT molecular complexity index is 144. The Kier molecular flexibility index (Phi) is 12.8. The number of hydrogen-bond acceptors (Lipinski definition) is 4. The van der Waals surface area contributed by atoms with Crippen LogP contribution in [0.3, 0.4) is 0 Å². The van der Waals surface area contributed by atoms with E-state index in [-0.39, 0.29) is 23.4 Å². The molecule has 0 aromatic rings. The molecule has 0 saturated carbocycles. The maximum absolute atomic E-state index is 10.0. The van der Waals surface area contributed by atoms with Gasteiger partial charge in [0, 0.05) is 6.42 Å². The number of thioether (sulfide) groups is 1. The minimum atomic E-state index is -0.734. The van der Waals surface area contributed by atoms with Crippen molar-refractivity contribution in [2.24, 2.45) is 10.9 Å². The van der Waals surface area contributed by atoms with E-state index in [2.05, 4.69) is 5.10 Å². The number of carboxylic acid groups (broad SMARTS) is 1. The third kappa shape index (κ3) is 12.4. The highest BCUT2D eigenvalue weighted by molar-refractivity contribution is 8.93. The molecule has 0 rings (SSSR count). The maximum Gasteiger partial charge on any atom is 0.303 e. The monoisotopic (exact) mass is 256 g/mol. The lowest BCUT2D eigenvalue weighted by Gasteiger charge is -1.93. The molecule has 0 aromatic heterocycles. The van der Waals surface area contributed by atoms with Gasteiger partial charge in [-0.25, -0.2) is 0 Å². The molecule has 0 unspecified atom stereocenters. The fourth-order valence-electron chi connectivity index (χ4n) is 0.557. The van der Waals surface area contributed by atoms with Crippen LogP contribution in [0.5, 0.6) is 0 Å². The van der Waals surface area contributed by atoms with Gasteiger partial charge in [-0.2, -0.15) is 5.10 Å². The number of hydrogen-bond donors (Lipinski definition) is 2. The molecule has 0 amide bonds. The number of carbonyl (C=O) groups is 1. The van der Waals surface area contributed by atoms with Gasteiger partial charge in [0.1, 0.15) is 0 Å². The predicted octanol–water partition coefficient (Wildman–Crippen LogP) is 1.45. The van der Waals surface area contributed by atoms with E-state index in [0.29, 0.717) is 0 Å². The van der Waals surface area contributed by atoms with E-state index < -0.39 is 5.97 Å². The molecule has 0 aliphatic heterocycles. The highest BCUT2D eigenvalue weighted by Gasteiger charge is 1.94. The number of aliphatic carboxylic acids is 1. The minimum Gasteiger partial charge on any atom is -0.481 e. The molecular weight excluding hydrogens is 244 g/mol. The summed E-state index contributed by atoms with van der Waals surface area (Å²) in [5, 5.41) is 11.6. The number of nitrogens with two attached hydrogens (primary N) is 1. The summed E-state index contributed by atoms with van der Waals surface area (Å²) in [6.45, 7) is 0. The second-order valence-corrected chi connectivity index (χ2v) is 2.93. The van der Waals surface area contributed by atoms with Crippen molar-refractivity contribution in [3.8, 4) is 0 Å². The first kappa shape index (κ1) is 14.3. The highest BCUT2D eigenvalue weighted by Crippen LogP contribution is 2.02. The standard InChI is InChI=1S/C6H12N2O2S.BrH/c7-8-5-11-4-2-1-3-6(9)10;/h5H,1-4,7H2,(H,9,10);1H. The molecule has 6 heteroatoms. The maximum atomic E-state index is 10.0. The van der Waals surface area contributed by atoms with Gasteiger partial charge in [-0.1, -0.05) is 0 Å². The molecule has 4 nitrogen and oxygen atoms in total. The second-order valence-electron chi connectivity index (χ2n) is 1.98. The molecule has 0 aliphatic rings. The van der Waals surface area contributed by atoms with Crippen LogP contribution in [-0.4, -0.2) is 22.4 Å². The van der Waals surface area contributed by atoms with Gasteiger partial charge in [0.15, 0.2) is 0 Å². The lowest BCUT2D eigenvalue weighted by Crippen LogP contribution is -1.94. The first-order valence-corrected chi connectivity index (χ1v) is 4.37. The number of rotatable bonds is 6. The summed E-state index contributed by atoms with van der Waals surface area (Å²) in [7, 11) is 0. The molecule has 0 fully saturated rings. The van der Waals surface area contributed by atoms with Crippen LogP contribution in [0.2, 0.25) is 0 Å². The van der Waals surface area contributed by atoms with Crippen molar-refractivity contribution in [3.05, 3.63) is 0 Å².